The first-order valence-electron chi connectivity index (χ1n) is 11.1. The van der Waals surface area contributed by atoms with Gasteiger partial charge in [-0.3, -0.25) is 4.57 Å². The minimum absolute atomic E-state index is 0.136. The van der Waals surface area contributed by atoms with Gasteiger partial charge in [0.2, 0.25) is 15.9 Å². The molecule has 2 aromatic heterocycles. The zero-order valence-electron chi connectivity index (χ0n) is 18.3. The van der Waals surface area contributed by atoms with Crippen molar-refractivity contribution in [3.05, 3.63) is 64.8 Å². The molecular formula is C23H26ClN5O3S. The summed E-state index contributed by atoms with van der Waals surface area (Å²) in [6, 6.07) is 11.1. The summed E-state index contributed by atoms with van der Waals surface area (Å²) in [5, 5.41) is 9.68. The molecule has 1 saturated carbocycles. The molecule has 1 fully saturated rings. The van der Waals surface area contributed by atoms with Crippen LogP contribution < -0.4 is 9.46 Å². The average molecular weight is 488 g/mol. The molecular weight excluding hydrogens is 462 g/mol. The van der Waals surface area contributed by atoms with E-state index in [1.165, 1.54) is 6.26 Å². The number of halogens is 1. The molecule has 2 aliphatic rings. The largest absolute Gasteiger partial charge is 0.474 e. The Balaban J connectivity index is 1.40. The Morgan fingerprint density at radius 1 is 1.09 bits per heavy atom. The Bertz CT molecular complexity index is 1240. The molecule has 1 aromatic carbocycles. The summed E-state index contributed by atoms with van der Waals surface area (Å²) in [6.45, 7) is 0. The maximum Gasteiger partial charge on any atom is 0.213 e. The number of benzene rings is 1. The van der Waals surface area contributed by atoms with E-state index in [0.29, 0.717) is 23.7 Å². The van der Waals surface area contributed by atoms with Crippen LogP contribution >= 0.6 is 11.6 Å². The van der Waals surface area contributed by atoms with E-state index in [-0.39, 0.29) is 18.1 Å². The van der Waals surface area contributed by atoms with Gasteiger partial charge in [0, 0.05) is 35.7 Å². The van der Waals surface area contributed by atoms with E-state index >= 15 is 0 Å². The van der Waals surface area contributed by atoms with Crippen molar-refractivity contribution >= 4 is 21.6 Å². The third-order valence-corrected chi connectivity index (χ3v) is 7.27. The molecule has 1 aliphatic carbocycles. The molecule has 0 saturated heterocycles. The van der Waals surface area contributed by atoms with Crippen LogP contribution in [0.25, 0.3) is 5.69 Å². The van der Waals surface area contributed by atoms with Crippen molar-refractivity contribution in [3.8, 4) is 11.6 Å². The predicted molar refractivity (Wildman–Crippen MR) is 125 cm³/mol. The Morgan fingerprint density at radius 3 is 2.64 bits per heavy atom. The second-order valence-electron chi connectivity index (χ2n) is 8.84. The number of rotatable bonds is 5. The molecule has 1 N–H and O–H groups in total. The third-order valence-electron chi connectivity index (χ3n) is 6.28. The number of hydrogen-bond acceptors (Lipinski definition) is 6. The average Bonchev–Trinajstić information content (AvgIpc) is 3.11. The van der Waals surface area contributed by atoms with Gasteiger partial charge in [0.25, 0.3) is 0 Å². The van der Waals surface area contributed by atoms with Crippen LogP contribution in [0.3, 0.4) is 0 Å². The fourth-order valence-electron chi connectivity index (χ4n) is 4.90. The van der Waals surface area contributed by atoms with Crippen molar-refractivity contribution in [3.63, 3.8) is 0 Å². The lowest BCUT2D eigenvalue weighted by Crippen LogP contribution is -2.37. The van der Waals surface area contributed by atoms with Crippen LogP contribution in [0.1, 0.15) is 48.8 Å². The molecule has 0 radical (unpaired) electrons. The summed E-state index contributed by atoms with van der Waals surface area (Å²) < 4.78 is 34.7. The third kappa shape index (κ3) is 5.05. The molecule has 0 spiro atoms. The summed E-state index contributed by atoms with van der Waals surface area (Å²) in [7, 11) is -3.36. The van der Waals surface area contributed by atoms with Crippen LogP contribution in [0.15, 0.2) is 42.6 Å². The number of aromatic nitrogens is 4. The van der Waals surface area contributed by atoms with Gasteiger partial charge in [-0.15, -0.1) is 10.2 Å². The van der Waals surface area contributed by atoms with E-state index in [1.807, 2.05) is 36.4 Å². The number of pyridine rings is 1. The Labute approximate surface area is 198 Å². The van der Waals surface area contributed by atoms with Gasteiger partial charge in [0.15, 0.2) is 0 Å². The molecule has 3 aromatic rings. The van der Waals surface area contributed by atoms with Gasteiger partial charge in [-0.05, 0) is 61.9 Å². The molecule has 1 atom stereocenters. The molecule has 33 heavy (non-hydrogen) atoms. The minimum Gasteiger partial charge on any atom is -0.474 e. The lowest BCUT2D eigenvalue weighted by atomic mass is 9.86. The summed E-state index contributed by atoms with van der Waals surface area (Å²) in [5.74, 6) is 2.59. The van der Waals surface area contributed by atoms with E-state index in [0.717, 1.165) is 48.6 Å². The number of nitrogens with one attached hydrogen (secondary N) is 1. The van der Waals surface area contributed by atoms with Gasteiger partial charge in [0.1, 0.15) is 17.8 Å². The van der Waals surface area contributed by atoms with Gasteiger partial charge in [0.05, 0.1) is 11.9 Å². The number of ether oxygens (including phenoxy) is 1. The van der Waals surface area contributed by atoms with Gasteiger partial charge in [-0.25, -0.2) is 18.1 Å². The molecule has 0 bridgehead atoms. The van der Waals surface area contributed by atoms with Crippen LogP contribution in [0.2, 0.25) is 5.02 Å². The normalized spacial score (nSPS) is 22.8. The van der Waals surface area contributed by atoms with Crippen molar-refractivity contribution in [2.45, 2.75) is 56.6 Å². The van der Waals surface area contributed by atoms with E-state index in [9.17, 15) is 8.42 Å². The Morgan fingerprint density at radius 2 is 1.91 bits per heavy atom. The number of sulfonamides is 1. The Hall–Kier alpha value is -2.49. The lowest BCUT2D eigenvalue weighted by molar-refractivity contribution is 0.139. The van der Waals surface area contributed by atoms with Crippen molar-refractivity contribution in [1.29, 1.82) is 0 Å². The standard InChI is InChI=1S/C23H26ClN5O3S/c1-33(30,31)28-18-13-16-12-17(24)7-10-20(16)29-21(14-18)26-27-23(29)15-5-8-19(9-6-15)32-22-4-2-3-11-25-22/h2-4,7,10-12,15,18-19,28H,5-6,8-9,13-14H2,1H3/t15-,18?,19-. The van der Waals surface area contributed by atoms with E-state index in [1.54, 1.807) is 6.20 Å². The molecule has 1 aliphatic heterocycles. The molecule has 5 rings (SSSR count). The SMILES string of the molecule is CS(=O)(=O)NC1Cc2cc(Cl)ccc2-n2c(nnc2[C@H]2CC[C@H](Oc3ccccn3)CC2)C1. The Kier molecular flexibility index (Phi) is 6.11. The summed E-state index contributed by atoms with van der Waals surface area (Å²) in [6.07, 6.45) is 7.75. The van der Waals surface area contributed by atoms with Gasteiger partial charge < -0.3 is 4.74 Å². The maximum atomic E-state index is 11.9. The number of nitrogens with zero attached hydrogens (tertiary/aromatic N) is 4. The van der Waals surface area contributed by atoms with Gasteiger partial charge in [-0.1, -0.05) is 17.7 Å². The van der Waals surface area contributed by atoms with Crippen LogP contribution in [-0.2, 0) is 22.9 Å². The van der Waals surface area contributed by atoms with Crippen LogP contribution in [0.4, 0.5) is 0 Å². The highest BCUT2D eigenvalue weighted by molar-refractivity contribution is 7.88. The van der Waals surface area contributed by atoms with Crippen LogP contribution in [0, 0.1) is 0 Å². The zero-order valence-corrected chi connectivity index (χ0v) is 19.9. The lowest BCUT2D eigenvalue weighted by Gasteiger charge is -2.28. The fourth-order valence-corrected chi connectivity index (χ4v) is 5.86. The highest BCUT2D eigenvalue weighted by Gasteiger charge is 2.32. The minimum atomic E-state index is -3.36. The van der Waals surface area contributed by atoms with Crippen LogP contribution in [0.5, 0.6) is 5.88 Å². The molecule has 10 heteroatoms. The topological polar surface area (TPSA) is 99.0 Å². The van der Waals surface area contributed by atoms with Crippen molar-refractivity contribution in [2.24, 2.45) is 0 Å². The summed E-state index contributed by atoms with van der Waals surface area (Å²) in [5.41, 5.74) is 1.95. The molecule has 3 heterocycles. The monoisotopic (exact) mass is 487 g/mol. The zero-order chi connectivity index (χ0) is 23.0. The fraction of sp³-hybridized carbons (Fsp3) is 0.435. The number of hydrogen-bond donors (Lipinski definition) is 1. The highest BCUT2D eigenvalue weighted by atomic mass is 35.5. The van der Waals surface area contributed by atoms with Gasteiger partial charge in [-0.2, -0.15) is 0 Å². The number of fused-ring (bicyclic) bond motifs is 3. The van der Waals surface area contributed by atoms with Crippen LogP contribution in [-0.4, -0.2) is 46.6 Å². The van der Waals surface area contributed by atoms with E-state index < -0.39 is 10.0 Å². The molecule has 174 valence electrons. The smallest absolute Gasteiger partial charge is 0.213 e. The van der Waals surface area contributed by atoms with E-state index in [2.05, 4.69) is 24.5 Å². The maximum absolute atomic E-state index is 11.9. The first-order chi connectivity index (χ1) is 15.9. The molecule has 0 amide bonds. The quantitative estimate of drug-likeness (QED) is 0.592. The van der Waals surface area contributed by atoms with Crippen molar-refractivity contribution < 1.29 is 13.2 Å². The predicted octanol–water partition coefficient (Wildman–Crippen LogP) is 3.44. The first-order valence-corrected chi connectivity index (χ1v) is 13.4. The highest BCUT2D eigenvalue weighted by Crippen LogP contribution is 2.37. The van der Waals surface area contributed by atoms with E-state index in [4.69, 9.17) is 16.3 Å². The first kappa shape index (κ1) is 22.3. The van der Waals surface area contributed by atoms with Crippen molar-refractivity contribution in [2.75, 3.05) is 6.26 Å². The molecule has 8 nitrogen and oxygen atoms in total. The van der Waals surface area contributed by atoms with Crippen molar-refractivity contribution in [1.82, 2.24) is 24.5 Å². The summed E-state index contributed by atoms with van der Waals surface area (Å²) in [4.78, 5) is 4.27. The summed E-state index contributed by atoms with van der Waals surface area (Å²) >= 11 is 6.28. The van der Waals surface area contributed by atoms with Gasteiger partial charge >= 0.3 is 0 Å². The second-order valence-corrected chi connectivity index (χ2v) is 11.1. The molecule has 1 unspecified atom stereocenters. The second kappa shape index (κ2) is 9.04.